The molecular formula is C12H20N4O. The molecule has 1 unspecified atom stereocenters. The van der Waals surface area contributed by atoms with Crippen molar-refractivity contribution in [3.05, 3.63) is 18.0 Å². The van der Waals surface area contributed by atoms with Gasteiger partial charge >= 0.3 is 0 Å². The number of amides is 1. The highest BCUT2D eigenvalue weighted by Crippen LogP contribution is 2.12. The number of carbonyl (C=O) groups is 1. The molecule has 17 heavy (non-hydrogen) atoms. The lowest BCUT2D eigenvalue weighted by Crippen LogP contribution is -2.48. The van der Waals surface area contributed by atoms with E-state index in [-0.39, 0.29) is 5.91 Å². The number of H-pyrrole nitrogens is 1. The van der Waals surface area contributed by atoms with E-state index < -0.39 is 0 Å². The maximum Gasteiger partial charge on any atom is 0.271 e. The normalized spacial score (nSPS) is 20.5. The van der Waals surface area contributed by atoms with E-state index >= 15 is 0 Å². The van der Waals surface area contributed by atoms with Crippen molar-refractivity contribution in [1.29, 1.82) is 0 Å². The molecule has 1 aromatic heterocycles. The molecule has 0 saturated carbocycles. The maximum atomic E-state index is 12.1. The number of nitrogens with one attached hydrogen (secondary N) is 2. The van der Waals surface area contributed by atoms with E-state index in [1.807, 2.05) is 4.90 Å². The molecule has 0 aromatic carbocycles. The topological polar surface area (TPSA) is 61.0 Å². The summed E-state index contributed by atoms with van der Waals surface area (Å²) in [5, 5.41) is 10.0. The van der Waals surface area contributed by atoms with Gasteiger partial charge in [0.15, 0.2) is 0 Å². The summed E-state index contributed by atoms with van der Waals surface area (Å²) in [6.07, 6.45) is 4.98. The lowest BCUT2D eigenvalue weighted by molar-refractivity contribution is 0.0689. The number of hydrogen-bond donors (Lipinski definition) is 2. The summed E-state index contributed by atoms with van der Waals surface area (Å²) in [5.41, 5.74) is 0.584. The highest BCUT2D eigenvalue weighted by molar-refractivity contribution is 5.92. The van der Waals surface area contributed by atoms with E-state index in [4.69, 9.17) is 0 Å². The van der Waals surface area contributed by atoms with E-state index in [1.165, 1.54) is 0 Å². The number of rotatable bonds is 4. The average molecular weight is 236 g/mol. The number of nitrogens with zero attached hydrogens (tertiary/aromatic N) is 2. The third kappa shape index (κ3) is 3.06. The maximum absolute atomic E-state index is 12.1. The Bertz CT molecular complexity index is 349. The van der Waals surface area contributed by atoms with E-state index in [9.17, 15) is 4.79 Å². The minimum Gasteiger partial charge on any atom is -0.336 e. The second-order valence-corrected chi connectivity index (χ2v) is 4.51. The zero-order chi connectivity index (χ0) is 12.1. The highest BCUT2D eigenvalue weighted by atomic mass is 16.2. The van der Waals surface area contributed by atoms with Gasteiger partial charge in [-0.05, 0) is 31.9 Å². The molecule has 1 fully saturated rings. The van der Waals surface area contributed by atoms with Crippen LogP contribution in [-0.4, -0.2) is 46.7 Å². The van der Waals surface area contributed by atoms with Gasteiger partial charge in [-0.1, -0.05) is 6.92 Å². The predicted octanol–water partition coefficient (Wildman–Crippen LogP) is 1.01. The number of hydrogen-bond acceptors (Lipinski definition) is 3. The number of piperidine rings is 1. The second kappa shape index (κ2) is 5.82. The molecule has 0 aliphatic carbocycles. The summed E-state index contributed by atoms with van der Waals surface area (Å²) in [7, 11) is 0. The van der Waals surface area contributed by atoms with E-state index in [0.717, 1.165) is 38.9 Å². The fourth-order valence-electron chi connectivity index (χ4n) is 2.22. The van der Waals surface area contributed by atoms with Gasteiger partial charge < -0.3 is 10.2 Å². The van der Waals surface area contributed by atoms with Crippen LogP contribution in [0.5, 0.6) is 0 Å². The summed E-state index contributed by atoms with van der Waals surface area (Å²) in [6, 6.07) is 2.17. The van der Waals surface area contributed by atoms with Crippen LogP contribution in [0.3, 0.4) is 0 Å². The van der Waals surface area contributed by atoms with Crippen molar-refractivity contribution in [1.82, 2.24) is 20.4 Å². The molecule has 0 radical (unpaired) electrons. The molecule has 0 bridgehead atoms. The zero-order valence-electron chi connectivity index (χ0n) is 10.3. The first-order valence-electron chi connectivity index (χ1n) is 6.33. The summed E-state index contributed by atoms with van der Waals surface area (Å²) in [4.78, 5) is 14.0. The van der Waals surface area contributed by atoms with Crippen LogP contribution < -0.4 is 5.32 Å². The molecule has 5 heteroatoms. The van der Waals surface area contributed by atoms with Crippen molar-refractivity contribution >= 4 is 5.91 Å². The van der Waals surface area contributed by atoms with Crippen LogP contribution in [0, 0.1) is 0 Å². The molecule has 1 aliphatic heterocycles. The Balaban J connectivity index is 1.90. The van der Waals surface area contributed by atoms with Gasteiger partial charge in [0.1, 0.15) is 5.69 Å². The Morgan fingerprint density at radius 3 is 3.29 bits per heavy atom. The van der Waals surface area contributed by atoms with Gasteiger partial charge in [-0.3, -0.25) is 9.89 Å². The fourth-order valence-corrected chi connectivity index (χ4v) is 2.22. The molecule has 0 spiro atoms. The molecule has 1 atom stereocenters. The van der Waals surface area contributed by atoms with Crippen molar-refractivity contribution in [2.45, 2.75) is 32.2 Å². The third-order valence-electron chi connectivity index (χ3n) is 3.12. The van der Waals surface area contributed by atoms with Crippen LogP contribution in [0.1, 0.15) is 36.7 Å². The molecule has 2 rings (SSSR count). The molecular weight excluding hydrogens is 216 g/mol. The molecule has 1 aliphatic rings. The predicted molar refractivity (Wildman–Crippen MR) is 65.8 cm³/mol. The lowest BCUT2D eigenvalue weighted by atomic mass is 10.1. The Kier molecular flexibility index (Phi) is 4.14. The van der Waals surface area contributed by atoms with Crippen molar-refractivity contribution in [2.24, 2.45) is 0 Å². The van der Waals surface area contributed by atoms with E-state index in [0.29, 0.717) is 11.7 Å². The van der Waals surface area contributed by atoms with E-state index in [2.05, 4.69) is 22.4 Å². The smallest absolute Gasteiger partial charge is 0.271 e. The minimum absolute atomic E-state index is 0.0606. The molecule has 1 saturated heterocycles. The van der Waals surface area contributed by atoms with Gasteiger partial charge in [0.2, 0.25) is 0 Å². The third-order valence-corrected chi connectivity index (χ3v) is 3.12. The minimum atomic E-state index is 0.0606. The number of aromatic amines is 1. The Morgan fingerprint density at radius 1 is 1.71 bits per heavy atom. The van der Waals surface area contributed by atoms with Gasteiger partial charge in [0, 0.05) is 25.3 Å². The van der Waals surface area contributed by atoms with Crippen molar-refractivity contribution in [3.63, 3.8) is 0 Å². The van der Waals surface area contributed by atoms with Gasteiger partial charge in [-0.25, -0.2) is 0 Å². The SMILES string of the molecule is CCCNC1CCCN(C(=O)c2ccn[nH]2)C1. The van der Waals surface area contributed by atoms with Crippen molar-refractivity contribution in [3.8, 4) is 0 Å². The number of likely N-dealkylation sites (tertiary alicyclic amines) is 1. The van der Waals surface area contributed by atoms with Crippen LogP contribution in [-0.2, 0) is 0 Å². The molecule has 2 N–H and O–H groups in total. The summed E-state index contributed by atoms with van der Waals surface area (Å²) in [5.74, 6) is 0.0606. The quantitative estimate of drug-likeness (QED) is 0.820. The van der Waals surface area contributed by atoms with Gasteiger partial charge in [0.25, 0.3) is 5.91 Å². The largest absolute Gasteiger partial charge is 0.336 e. The zero-order valence-corrected chi connectivity index (χ0v) is 10.3. The fraction of sp³-hybridized carbons (Fsp3) is 0.667. The van der Waals surface area contributed by atoms with Crippen molar-refractivity contribution in [2.75, 3.05) is 19.6 Å². The van der Waals surface area contributed by atoms with Gasteiger partial charge in [0.05, 0.1) is 0 Å². The summed E-state index contributed by atoms with van der Waals surface area (Å²) in [6.45, 7) is 4.83. The molecule has 1 aromatic rings. The molecule has 2 heterocycles. The van der Waals surface area contributed by atoms with Crippen molar-refractivity contribution < 1.29 is 4.79 Å². The second-order valence-electron chi connectivity index (χ2n) is 4.51. The lowest BCUT2D eigenvalue weighted by Gasteiger charge is -2.33. The first-order chi connectivity index (χ1) is 8.31. The monoisotopic (exact) mass is 236 g/mol. The standard InChI is InChI=1S/C12H20N4O/c1-2-6-13-10-4-3-8-16(9-10)12(17)11-5-7-14-15-11/h5,7,10,13H,2-4,6,8-9H2,1H3,(H,14,15). The number of carbonyl (C=O) groups excluding carboxylic acids is 1. The summed E-state index contributed by atoms with van der Waals surface area (Å²) < 4.78 is 0. The van der Waals surface area contributed by atoms with Crippen LogP contribution in [0.25, 0.3) is 0 Å². The average Bonchev–Trinajstić information content (AvgIpc) is 2.89. The van der Waals surface area contributed by atoms with Crippen LogP contribution in [0.4, 0.5) is 0 Å². The first-order valence-corrected chi connectivity index (χ1v) is 6.33. The van der Waals surface area contributed by atoms with Crippen LogP contribution in [0.2, 0.25) is 0 Å². The summed E-state index contributed by atoms with van der Waals surface area (Å²) >= 11 is 0. The molecule has 94 valence electrons. The van der Waals surface area contributed by atoms with Crippen LogP contribution >= 0.6 is 0 Å². The Hall–Kier alpha value is -1.36. The van der Waals surface area contributed by atoms with Gasteiger partial charge in [-0.2, -0.15) is 5.10 Å². The molecule has 1 amide bonds. The van der Waals surface area contributed by atoms with E-state index in [1.54, 1.807) is 12.3 Å². The Labute approximate surface area is 102 Å². The van der Waals surface area contributed by atoms with Crippen LogP contribution in [0.15, 0.2) is 12.3 Å². The molecule has 5 nitrogen and oxygen atoms in total. The number of aromatic nitrogens is 2. The highest BCUT2D eigenvalue weighted by Gasteiger charge is 2.24. The van der Waals surface area contributed by atoms with Gasteiger partial charge in [-0.15, -0.1) is 0 Å². The first kappa shape index (κ1) is 12.1. The Morgan fingerprint density at radius 2 is 2.59 bits per heavy atom.